The van der Waals surface area contributed by atoms with E-state index in [0.29, 0.717) is 12.0 Å². The van der Waals surface area contributed by atoms with Crippen LogP contribution in [0.4, 0.5) is 0 Å². The Morgan fingerprint density at radius 2 is 1.50 bits per heavy atom. The van der Waals surface area contributed by atoms with Gasteiger partial charge >= 0.3 is 0 Å². The molecule has 0 saturated carbocycles. The molecule has 0 saturated heterocycles. The quantitative estimate of drug-likeness (QED) is 0.662. The van der Waals surface area contributed by atoms with E-state index in [1.54, 1.807) is 0 Å². The Balaban J connectivity index is 3.97. The first-order chi connectivity index (χ1) is 6.52. The van der Waals surface area contributed by atoms with Crippen molar-refractivity contribution >= 4 is 0 Å². The lowest BCUT2D eigenvalue weighted by Crippen LogP contribution is -2.31. The molecule has 0 aliphatic heterocycles. The predicted octanol–water partition coefficient (Wildman–Crippen LogP) is 3.82. The molecular weight excluding hydrogens is 170 g/mol. The third-order valence-corrected chi connectivity index (χ3v) is 3.74. The SMILES string of the molecule is CCC(C)CCC(C(C)N)C(C)CC. The van der Waals surface area contributed by atoms with Crippen molar-refractivity contribution < 1.29 is 0 Å². The van der Waals surface area contributed by atoms with Gasteiger partial charge in [-0.3, -0.25) is 0 Å². The fourth-order valence-corrected chi connectivity index (χ4v) is 2.05. The fraction of sp³-hybridized carbons (Fsp3) is 1.00. The van der Waals surface area contributed by atoms with Gasteiger partial charge in [0.25, 0.3) is 0 Å². The molecular formula is C13H29N. The van der Waals surface area contributed by atoms with Gasteiger partial charge in [0.05, 0.1) is 0 Å². The Kier molecular flexibility index (Phi) is 7.26. The van der Waals surface area contributed by atoms with Crippen molar-refractivity contribution in [2.24, 2.45) is 23.5 Å². The van der Waals surface area contributed by atoms with E-state index in [-0.39, 0.29) is 0 Å². The summed E-state index contributed by atoms with van der Waals surface area (Å²) in [5.74, 6) is 2.35. The minimum absolute atomic E-state index is 0.356. The molecule has 0 aromatic rings. The molecule has 14 heavy (non-hydrogen) atoms. The van der Waals surface area contributed by atoms with Crippen molar-refractivity contribution in [3.05, 3.63) is 0 Å². The van der Waals surface area contributed by atoms with E-state index < -0.39 is 0 Å². The van der Waals surface area contributed by atoms with E-state index in [1.165, 1.54) is 25.7 Å². The molecule has 2 N–H and O–H groups in total. The number of rotatable bonds is 7. The van der Waals surface area contributed by atoms with Crippen molar-refractivity contribution in [3.63, 3.8) is 0 Å². The summed E-state index contributed by atoms with van der Waals surface area (Å²) in [6, 6.07) is 0.356. The largest absolute Gasteiger partial charge is 0.328 e. The van der Waals surface area contributed by atoms with Gasteiger partial charge in [-0.2, -0.15) is 0 Å². The third-order valence-electron chi connectivity index (χ3n) is 3.74. The zero-order valence-electron chi connectivity index (χ0n) is 10.7. The Labute approximate surface area is 90.5 Å². The summed E-state index contributed by atoms with van der Waals surface area (Å²) in [5.41, 5.74) is 6.04. The lowest BCUT2D eigenvalue weighted by atomic mass is 9.81. The first-order valence-electron chi connectivity index (χ1n) is 6.28. The van der Waals surface area contributed by atoms with Gasteiger partial charge < -0.3 is 5.73 Å². The molecule has 0 bridgehead atoms. The fourth-order valence-electron chi connectivity index (χ4n) is 2.05. The van der Waals surface area contributed by atoms with Gasteiger partial charge in [0, 0.05) is 6.04 Å². The maximum absolute atomic E-state index is 6.04. The van der Waals surface area contributed by atoms with Gasteiger partial charge in [0.15, 0.2) is 0 Å². The first-order valence-corrected chi connectivity index (χ1v) is 6.28. The first kappa shape index (κ1) is 14.0. The van der Waals surface area contributed by atoms with Crippen LogP contribution in [0.25, 0.3) is 0 Å². The van der Waals surface area contributed by atoms with Crippen LogP contribution in [-0.2, 0) is 0 Å². The van der Waals surface area contributed by atoms with E-state index in [0.717, 1.165) is 11.8 Å². The lowest BCUT2D eigenvalue weighted by Gasteiger charge is -2.27. The highest BCUT2D eigenvalue weighted by Crippen LogP contribution is 2.25. The van der Waals surface area contributed by atoms with E-state index >= 15 is 0 Å². The third kappa shape index (κ3) is 4.99. The molecule has 0 aliphatic rings. The van der Waals surface area contributed by atoms with Crippen molar-refractivity contribution in [2.75, 3.05) is 0 Å². The van der Waals surface area contributed by atoms with Crippen molar-refractivity contribution in [1.82, 2.24) is 0 Å². The molecule has 0 aromatic carbocycles. The average molecular weight is 199 g/mol. The highest BCUT2D eigenvalue weighted by molar-refractivity contribution is 4.74. The summed E-state index contributed by atoms with van der Waals surface area (Å²) in [6.07, 6.45) is 5.20. The summed E-state index contributed by atoms with van der Waals surface area (Å²) < 4.78 is 0. The summed E-state index contributed by atoms with van der Waals surface area (Å²) in [7, 11) is 0. The second kappa shape index (κ2) is 7.28. The van der Waals surface area contributed by atoms with Crippen LogP contribution in [-0.4, -0.2) is 6.04 Å². The van der Waals surface area contributed by atoms with Crippen LogP contribution in [0, 0.1) is 17.8 Å². The molecule has 0 spiro atoms. The van der Waals surface area contributed by atoms with Crippen LogP contribution in [0.1, 0.15) is 60.3 Å². The number of hydrogen-bond donors (Lipinski definition) is 1. The second-order valence-corrected chi connectivity index (χ2v) is 5.00. The van der Waals surface area contributed by atoms with Crippen LogP contribution in [0.2, 0.25) is 0 Å². The van der Waals surface area contributed by atoms with Gasteiger partial charge in [-0.05, 0) is 31.1 Å². The van der Waals surface area contributed by atoms with Crippen LogP contribution in [0.3, 0.4) is 0 Å². The van der Waals surface area contributed by atoms with Gasteiger partial charge in [0.1, 0.15) is 0 Å². The van der Waals surface area contributed by atoms with Gasteiger partial charge in [0.2, 0.25) is 0 Å². The maximum Gasteiger partial charge on any atom is 0.00413 e. The standard InChI is InChI=1S/C13H29N/c1-6-10(3)8-9-13(12(5)14)11(4)7-2/h10-13H,6-9,14H2,1-5H3. The highest BCUT2D eigenvalue weighted by atomic mass is 14.6. The second-order valence-electron chi connectivity index (χ2n) is 5.00. The van der Waals surface area contributed by atoms with E-state index in [2.05, 4.69) is 34.6 Å². The molecule has 0 aromatic heterocycles. The summed E-state index contributed by atoms with van der Waals surface area (Å²) >= 11 is 0. The van der Waals surface area contributed by atoms with Crippen LogP contribution in [0.15, 0.2) is 0 Å². The zero-order valence-corrected chi connectivity index (χ0v) is 10.7. The van der Waals surface area contributed by atoms with Gasteiger partial charge in [-0.1, -0.05) is 47.0 Å². The molecule has 1 heteroatoms. The Morgan fingerprint density at radius 3 is 1.86 bits per heavy atom. The monoisotopic (exact) mass is 199 g/mol. The molecule has 4 atom stereocenters. The van der Waals surface area contributed by atoms with E-state index in [1.807, 2.05) is 0 Å². The Hall–Kier alpha value is -0.0400. The van der Waals surface area contributed by atoms with Crippen LogP contribution < -0.4 is 5.73 Å². The van der Waals surface area contributed by atoms with Crippen molar-refractivity contribution in [1.29, 1.82) is 0 Å². The number of hydrogen-bond acceptors (Lipinski definition) is 1. The predicted molar refractivity (Wildman–Crippen MR) is 65.3 cm³/mol. The Bertz CT molecular complexity index is 131. The molecule has 86 valence electrons. The maximum atomic E-state index is 6.04. The minimum atomic E-state index is 0.356. The molecule has 4 unspecified atom stereocenters. The Morgan fingerprint density at radius 1 is 0.929 bits per heavy atom. The van der Waals surface area contributed by atoms with Crippen LogP contribution >= 0.6 is 0 Å². The van der Waals surface area contributed by atoms with Crippen molar-refractivity contribution in [2.45, 2.75) is 66.3 Å². The van der Waals surface area contributed by atoms with Gasteiger partial charge in [-0.15, -0.1) is 0 Å². The van der Waals surface area contributed by atoms with E-state index in [4.69, 9.17) is 5.73 Å². The summed E-state index contributed by atoms with van der Waals surface area (Å²) in [4.78, 5) is 0. The van der Waals surface area contributed by atoms with Crippen molar-refractivity contribution in [3.8, 4) is 0 Å². The highest BCUT2D eigenvalue weighted by Gasteiger charge is 2.20. The summed E-state index contributed by atoms with van der Waals surface area (Å²) in [5, 5.41) is 0. The van der Waals surface area contributed by atoms with E-state index in [9.17, 15) is 0 Å². The normalized spacial score (nSPS) is 20.1. The molecule has 0 aliphatic carbocycles. The topological polar surface area (TPSA) is 26.0 Å². The molecule has 0 heterocycles. The number of nitrogens with two attached hydrogens (primary N) is 1. The average Bonchev–Trinajstić information content (AvgIpc) is 2.16. The smallest absolute Gasteiger partial charge is 0.00413 e. The zero-order chi connectivity index (χ0) is 11.1. The molecule has 0 fully saturated rings. The lowest BCUT2D eigenvalue weighted by molar-refractivity contribution is 0.263. The molecule has 0 radical (unpaired) electrons. The molecule has 1 nitrogen and oxygen atoms in total. The summed E-state index contributed by atoms with van der Waals surface area (Å²) in [6.45, 7) is 11.4. The molecule has 0 amide bonds. The molecule has 0 rings (SSSR count). The van der Waals surface area contributed by atoms with Gasteiger partial charge in [-0.25, -0.2) is 0 Å². The van der Waals surface area contributed by atoms with Crippen LogP contribution in [0.5, 0.6) is 0 Å². The minimum Gasteiger partial charge on any atom is -0.328 e.